The molecule has 0 bridgehead atoms. The number of rotatable bonds is 5. The lowest BCUT2D eigenvalue weighted by molar-refractivity contribution is 0.355. The topological polar surface area (TPSA) is 95.3 Å². The van der Waals surface area contributed by atoms with Gasteiger partial charge in [-0.25, -0.2) is 0 Å². The van der Waals surface area contributed by atoms with E-state index < -0.39 is 0 Å². The fourth-order valence-corrected chi connectivity index (χ4v) is 2.03. The van der Waals surface area contributed by atoms with Crippen molar-refractivity contribution in [2.45, 2.75) is 0 Å². The standard InChI is InChI=1S/C16H17N3O4S/c1-22-14-6-4-11(8-15(14)23-2)18-16(24)19-17-9-10-3-5-12(20)13(21)7-10/h3-9,20-21H,1-2H3,(H2,18,19,24)/b17-9+. The second-order valence-electron chi connectivity index (χ2n) is 4.64. The fourth-order valence-electron chi connectivity index (χ4n) is 1.86. The molecular formula is C16H17N3O4S. The number of thiocarbonyl (C=S) groups is 1. The Morgan fingerprint density at radius 3 is 2.46 bits per heavy atom. The lowest BCUT2D eigenvalue weighted by Crippen LogP contribution is -2.23. The van der Waals surface area contributed by atoms with Gasteiger partial charge in [0.25, 0.3) is 0 Å². The molecule has 0 unspecified atom stereocenters. The van der Waals surface area contributed by atoms with Gasteiger partial charge in [0, 0.05) is 11.8 Å². The first-order chi connectivity index (χ1) is 11.5. The molecule has 0 aliphatic heterocycles. The number of phenolic OH excluding ortho intramolecular Hbond substituents is 2. The number of phenols is 2. The van der Waals surface area contributed by atoms with Crippen LogP contribution in [0.2, 0.25) is 0 Å². The predicted octanol–water partition coefficient (Wildman–Crippen LogP) is 2.44. The molecule has 2 aromatic carbocycles. The van der Waals surface area contributed by atoms with Gasteiger partial charge >= 0.3 is 0 Å². The zero-order valence-corrected chi connectivity index (χ0v) is 13.9. The molecule has 0 atom stereocenters. The van der Waals surface area contributed by atoms with E-state index in [0.717, 1.165) is 0 Å². The Balaban J connectivity index is 1.95. The first kappa shape index (κ1) is 17.4. The number of hydrogen-bond donors (Lipinski definition) is 4. The predicted molar refractivity (Wildman–Crippen MR) is 96.3 cm³/mol. The lowest BCUT2D eigenvalue weighted by Gasteiger charge is -2.11. The molecule has 126 valence electrons. The molecule has 7 nitrogen and oxygen atoms in total. The van der Waals surface area contributed by atoms with E-state index in [0.29, 0.717) is 22.7 Å². The van der Waals surface area contributed by atoms with Crippen LogP contribution in [0.15, 0.2) is 41.5 Å². The van der Waals surface area contributed by atoms with Crippen LogP contribution in [-0.2, 0) is 0 Å². The summed E-state index contributed by atoms with van der Waals surface area (Å²) in [5.41, 5.74) is 3.97. The summed E-state index contributed by atoms with van der Waals surface area (Å²) in [5.74, 6) is 0.788. The minimum absolute atomic E-state index is 0.189. The molecule has 0 fully saturated rings. The molecule has 4 N–H and O–H groups in total. The van der Waals surface area contributed by atoms with E-state index >= 15 is 0 Å². The fraction of sp³-hybridized carbons (Fsp3) is 0.125. The molecule has 2 aromatic rings. The summed E-state index contributed by atoms with van der Waals surface area (Å²) in [4.78, 5) is 0. The second kappa shape index (κ2) is 8.02. The van der Waals surface area contributed by atoms with Crippen molar-refractivity contribution >= 4 is 29.2 Å². The first-order valence-corrected chi connectivity index (χ1v) is 7.28. The average molecular weight is 347 g/mol. The van der Waals surface area contributed by atoms with Gasteiger partial charge in [-0.1, -0.05) is 0 Å². The third kappa shape index (κ3) is 4.50. The minimum atomic E-state index is -0.218. The van der Waals surface area contributed by atoms with Gasteiger partial charge in [0.05, 0.1) is 20.4 Å². The Morgan fingerprint density at radius 1 is 1.04 bits per heavy atom. The summed E-state index contributed by atoms with van der Waals surface area (Å²) < 4.78 is 10.4. The van der Waals surface area contributed by atoms with Gasteiger partial charge < -0.3 is 25.0 Å². The Labute approximate surface area is 144 Å². The number of hydrogen-bond acceptors (Lipinski definition) is 6. The van der Waals surface area contributed by atoms with Crippen LogP contribution in [0, 0.1) is 0 Å². The molecule has 2 rings (SSSR count). The third-order valence-corrected chi connectivity index (χ3v) is 3.21. The number of nitrogens with zero attached hydrogens (tertiary/aromatic N) is 1. The number of anilines is 1. The van der Waals surface area contributed by atoms with E-state index in [2.05, 4.69) is 15.8 Å². The number of benzene rings is 2. The summed E-state index contributed by atoms with van der Waals surface area (Å²) >= 11 is 5.14. The van der Waals surface area contributed by atoms with Gasteiger partial charge in [0.2, 0.25) is 0 Å². The molecule has 8 heteroatoms. The van der Waals surface area contributed by atoms with Crippen LogP contribution in [0.1, 0.15) is 5.56 Å². The van der Waals surface area contributed by atoms with Gasteiger partial charge in [0.15, 0.2) is 28.1 Å². The van der Waals surface area contributed by atoms with Crippen molar-refractivity contribution in [2.24, 2.45) is 5.10 Å². The second-order valence-corrected chi connectivity index (χ2v) is 5.05. The van der Waals surface area contributed by atoms with Crippen molar-refractivity contribution in [2.75, 3.05) is 19.5 Å². The quantitative estimate of drug-likeness (QED) is 0.286. The van der Waals surface area contributed by atoms with Crippen LogP contribution < -0.4 is 20.2 Å². The van der Waals surface area contributed by atoms with Crippen molar-refractivity contribution in [1.82, 2.24) is 5.43 Å². The van der Waals surface area contributed by atoms with E-state index in [1.807, 2.05) is 0 Å². The smallest absolute Gasteiger partial charge is 0.191 e. The highest BCUT2D eigenvalue weighted by molar-refractivity contribution is 7.80. The molecular weight excluding hydrogens is 330 g/mol. The Morgan fingerprint density at radius 2 is 1.79 bits per heavy atom. The summed E-state index contributed by atoms with van der Waals surface area (Å²) in [6.45, 7) is 0. The molecule has 0 saturated heterocycles. The van der Waals surface area contributed by atoms with Gasteiger partial charge in [-0.15, -0.1) is 0 Å². The van der Waals surface area contributed by atoms with Crippen molar-refractivity contribution in [3.05, 3.63) is 42.0 Å². The maximum absolute atomic E-state index is 9.40. The molecule has 0 aliphatic carbocycles. The normalized spacial score (nSPS) is 10.4. The zero-order valence-electron chi connectivity index (χ0n) is 13.1. The van der Waals surface area contributed by atoms with Crippen molar-refractivity contribution in [3.63, 3.8) is 0 Å². The number of ether oxygens (including phenoxy) is 2. The molecule has 0 aromatic heterocycles. The maximum Gasteiger partial charge on any atom is 0.191 e. The zero-order chi connectivity index (χ0) is 17.5. The van der Waals surface area contributed by atoms with Crippen LogP contribution in [0.5, 0.6) is 23.0 Å². The Bertz CT molecular complexity index is 765. The lowest BCUT2D eigenvalue weighted by atomic mass is 10.2. The molecule has 0 amide bonds. The van der Waals surface area contributed by atoms with Gasteiger partial charge in [-0.3, -0.25) is 5.43 Å². The van der Waals surface area contributed by atoms with E-state index in [1.165, 1.54) is 18.3 Å². The number of aromatic hydroxyl groups is 2. The van der Waals surface area contributed by atoms with E-state index in [1.54, 1.807) is 38.5 Å². The van der Waals surface area contributed by atoms with Crippen molar-refractivity contribution in [1.29, 1.82) is 0 Å². The van der Waals surface area contributed by atoms with Crippen LogP contribution in [0.25, 0.3) is 0 Å². The summed E-state index contributed by atoms with van der Waals surface area (Å²) in [6, 6.07) is 9.64. The van der Waals surface area contributed by atoms with E-state index in [4.69, 9.17) is 21.7 Å². The monoisotopic (exact) mass is 347 g/mol. The third-order valence-electron chi connectivity index (χ3n) is 3.02. The van der Waals surface area contributed by atoms with Crippen molar-refractivity contribution in [3.8, 4) is 23.0 Å². The van der Waals surface area contributed by atoms with Gasteiger partial charge in [-0.05, 0) is 48.1 Å². The summed E-state index contributed by atoms with van der Waals surface area (Å²) in [6.07, 6.45) is 1.46. The Kier molecular flexibility index (Phi) is 5.80. The maximum atomic E-state index is 9.40. The molecule has 0 aliphatic rings. The average Bonchev–Trinajstić information content (AvgIpc) is 2.58. The van der Waals surface area contributed by atoms with Gasteiger partial charge in [0.1, 0.15) is 0 Å². The summed E-state index contributed by atoms with van der Waals surface area (Å²) in [5, 5.41) is 25.8. The minimum Gasteiger partial charge on any atom is -0.504 e. The molecule has 0 heterocycles. The van der Waals surface area contributed by atoms with Crippen LogP contribution in [0.3, 0.4) is 0 Å². The highest BCUT2D eigenvalue weighted by Gasteiger charge is 2.05. The van der Waals surface area contributed by atoms with Crippen molar-refractivity contribution < 1.29 is 19.7 Å². The SMILES string of the molecule is COc1ccc(NC(=S)N/N=C/c2ccc(O)c(O)c2)cc1OC. The molecule has 24 heavy (non-hydrogen) atoms. The van der Waals surface area contributed by atoms with Gasteiger partial charge in [-0.2, -0.15) is 5.10 Å². The molecule has 0 saturated carbocycles. The van der Waals surface area contributed by atoms with Crippen LogP contribution in [-0.4, -0.2) is 35.8 Å². The number of nitrogens with one attached hydrogen (secondary N) is 2. The number of methoxy groups -OCH3 is 2. The van der Waals surface area contributed by atoms with Crippen LogP contribution >= 0.6 is 12.2 Å². The highest BCUT2D eigenvalue weighted by atomic mass is 32.1. The van der Waals surface area contributed by atoms with E-state index in [-0.39, 0.29) is 16.6 Å². The number of hydrazone groups is 1. The van der Waals surface area contributed by atoms with Crippen LogP contribution in [0.4, 0.5) is 5.69 Å². The van der Waals surface area contributed by atoms with E-state index in [9.17, 15) is 10.2 Å². The highest BCUT2D eigenvalue weighted by Crippen LogP contribution is 2.29. The molecule has 0 radical (unpaired) electrons. The molecule has 0 spiro atoms. The largest absolute Gasteiger partial charge is 0.504 e. The summed E-state index contributed by atoms with van der Waals surface area (Å²) in [7, 11) is 3.11. The first-order valence-electron chi connectivity index (χ1n) is 6.87. The Hall–Kier alpha value is -3.00.